The molecule has 0 radical (unpaired) electrons. The van der Waals surface area contributed by atoms with Crippen LogP contribution in [0, 0.1) is 0 Å². The van der Waals surface area contributed by atoms with Gasteiger partial charge in [0, 0.05) is 37.7 Å². The van der Waals surface area contributed by atoms with E-state index in [9.17, 15) is 0 Å². The first-order chi connectivity index (χ1) is 28.2. The number of hydrogen-bond acceptors (Lipinski definition) is 7. The molecule has 3 aromatic heterocycles. The minimum atomic E-state index is -0.108. The first-order valence-electron chi connectivity index (χ1n) is 19.4. The van der Waals surface area contributed by atoms with Crippen LogP contribution in [0.1, 0.15) is 25.0 Å². The predicted octanol–water partition coefficient (Wildman–Crippen LogP) is 10.3. The Morgan fingerprint density at radius 2 is 0.862 bits per heavy atom. The number of nitrogens with zero attached hydrogens (tertiary/aromatic N) is 10. The van der Waals surface area contributed by atoms with Gasteiger partial charge in [-0.3, -0.25) is 0 Å². The number of rotatable bonds is 6. The van der Waals surface area contributed by atoms with Crippen molar-refractivity contribution < 1.29 is 0 Å². The molecule has 10 aromatic rings. The maximum absolute atomic E-state index is 5.03. The first-order valence-corrected chi connectivity index (χ1v) is 19.4. The van der Waals surface area contributed by atoms with Gasteiger partial charge >= 0.3 is 0 Å². The van der Waals surface area contributed by atoms with Crippen molar-refractivity contribution in [2.45, 2.75) is 19.3 Å². The second kappa shape index (κ2) is 12.5. The van der Waals surface area contributed by atoms with Gasteiger partial charge in [0.05, 0.1) is 17.1 Å². The molecule has 11 rings (SSSR count). The average molecular weight is 755 g/mol. The first kappa shape index (κ1) is 33.8. The molecule has 0 fully saturated rings. The van der Waals surface area contributed by atoms with E-state index in [1.807, 2.05) is 51.5 Å². The molecule has 0 saturated heterocycles. The summed E-state index contributed by atoms with van der Waals surface area (Å²) in [6.07, 6.45) is 0. The Hall–Kier alpha value is -7.46. The number of fused-ring (bicyclic) bond motifs is 6. The molecule has 280 valence electrons. The lowest BCUT2D eigenvalue weighted by Crippen LogP contribution is -2.16. The zero-order chi connectivity index (χ0) is 39.3. The summed E-state index contributed by atoms with van der Waals surface area (Å²) >= 11 is 0. The third kappa shape index (κ3) is 5.04. The highest BCUT2D eigenvalue weighted by molar-refractivity contribution is 6.09. The van der Waals surface area contributed by atoms with Gasteiger partial charge < -0.3 is 4.90 Å². The van der Waals surface area contributed by atoms with Gasteiger partial charge in [-0.2, -0.15) is 45.0 Å². The number of aromatic nitrogens is 9. The summed E-state index contributed by atoms with van der Waals surface area (Å²) in [5.41, 5.74) is 19.0. The lowest BCUT2D eigenvalue weighted by atomic mass is 9.79. The lowest BCUT2D eigenvalue weighted by Gasteiger charge is -2.26. The standard InChI is InChI=1S/C48H38N10/c1-48(2)37-18-10-9-15-35(37)36-17-11-16-32(42(36)48)30-21-23-31(24-22-30)34-26-28-41(47-44(34)51-57(5)54-47)58(39-20-12-19-38-45(39)52-55(3)49-38)40-27-25-33(29-13-7-6-8-14-29)43-46(40)53-56(4)50-43/h6-28H,1-5H3. The highest BCUT2D eigenvalue weighted by Gasteiger charge is 2.37. The fourth-order valence-corrected chi connectivity index (χ4v) is 9.12. The second-order valence-electron chi connectivity index (χ2n) is 15.5. The Labute approximate surface area is 334 Å². The van der Waals surface area contributed by atoms with E-state index in [2.05, 4.69) is 133 Å². The molecule has 58 heavy (non-hydrogen) atoms. The minimum absolute atomic E-state index is 0.108. The number of anilines is 3. The van der Waals surface area contributed by atoms with E-state index in [1.54, 1.807) is 14.4 Å². The van der Waals surface area contributed by atoms with Crippen molar-refractivity contribution >= 4 is 50.2 Å². The van der Waals surface area contributed by atoms with Crippen LogP contribution in [0.4, 0.5) is 17.1 Å². The van der Waals surface area contributed by atoms with Crippen molar-refractivity contribution in [3.63, 3.8) is 0 Å². The minimum Gasteiger partial charge on any atom is -0.304 e. The lowest BCUT2D eigenvalue weighted by molar-refractivity contribution is 0.662. The van der Waals surface area contributed by atoms with Crippen LogP contribution in [0.25, 0.3) is 77.6 Å². The molecule has 10 heteroatoms. The normalized spacial score (nSPS) is 13.1. The third-order valence-corrected chi connectivity index (χ3v) is 11.6. The summed E-state index contributed by atoms with van der Waals surface area (Å²) in [7, 11) is 5.57. The summed E-state index contributed by atoms with van der Waals surface area (Å²) in [6, 6.07) is 49.3. The molecular weight excluding hydrogens is 717 g/mol. The predicted molar refractivity (Wildman–Crippen MR) is 231 cm³/mol. The van der Waals surface area contributed by atoms with E-state index in [0.717, 1.165) is 72.4 Å². The topological polar surface area (TPSA) is 95.4 Å². The molecule has 1 aliphatic rings. The van der Waals surface area contributed by atoms with Gasteiger partial charge in [-0.1, -0.05) is 117 Å². The molecule has 0 amide bonds. The number of hydrogen-bond donors (Lipinski definition) is 0. The zero-order valence-corrected chi connectivity index (χ0v) is 32.8. The summed E-state index contributed by atoms with van der Waals surface area (Å²) < 4.78 is 0. The van der Waals surface area contributed by atoms with Gasteiger partial charge in [-0.05, 0) is 80.9 Å². The zero-order valence-electron chi connectivity index (χ0n) is 32.8. The molecule has 0 atom stereocenters. The van der Waals surface area contributed by atoms with Crippen LogP contribution in [0.2, 0.25) is 0 Å². The molecule has 0 unspecified atom stereocenters. The van der Waals surface area contributed by atoms with E-state index < -0.39 is 0 Å². The van der Waals surface area contributed by atoms with Crippen molar-refractivity contribution in [3.05, 3.63) is 151 Å². The van der Waals surface area contributed by atoms with Crippen molar-refractivity contribution in [1.29, 1.82) is 0 Å². The van der Waals surface area contributed by atoms with Gasteiger partial charge in [0.15, 0.2) is 0 Å². The van der Waals surface area contributed by atoms with Crippen molar-refractivity contribution in [2.75, 3.05) is 4.90 Å². The van der Waals surface area contributed by atoms with E-state index >= 15 is 0 Å². The summed E-state index contributed by atoms with van der Waals surface area (Å²) in [6.45, 7) is 4.67. The summed E-state index contributed by atoms with van der Waals surface area (Å²) in [5.74, 6) is 0. The Morgan fingerprint density at radius 3 is 1.53 bits per heavy atom. The Balaban J connectivity index is 1.07. The van der Waals surface area contributed by atoms with Gasteiger partial charge in [0.1, 0.15) is 33.1 Å². The fraction of sp³-hybridized carbons (Fsp3) is 0.125. The highest BCUT2D eigenvalue weighted by atomic mass is 15.5. The monoisotopic (exact) mass is 754 g/mol. The molecule has 1 aliphatic carbocycles. The van der Waals surface area contributed by atoms with Gasteiger partial charge in [0.2, 0.25) is 0 Å². The van der Waals surface area contributed by atoms with Crippen molar-refractivity contribution in [2.24, 2.45) is 21.1 Å². The number of benzene rings is 7. The Bertz CT molecular complexity index is 3240. The van der Waals surface area contributed by atoms with Crippen LogP contribution in [0.5, 0.6) is 0 Å². The van der Waals surface area contributed by atoms with Gasteiger partial charge in [0.25, 0.3) is 0 Å². The molecule has 7 aromatic carbocycles. The molecule has 0 aliphatic heterocycles. The van der Waals surface area contributed by atoms with Gasteiger partial charge in [-0.15, -0.1) is 0 Å². The van der Waals surface area contributed by atoms with Crippen LogP contribution in [-0.2, 0) is 26.6 Å². The molecule has 0 N–H and O–H groups in total. The smallest absolute Gasteiger partial charge is 0.137 e. The number of aryl methyl sites for hydroxylation is 3. The Kier molecular flexibility index (Phi) is 7.31. The maximum atomic E-state index is 5.03. The van der Waals surface area contributed by atoms with Crippen LogP contribution in [0.15, 0.2) is 140 Å². The Morgan fingerprint density at radius 1 is 0.379 bits per heavy atom. The average Bonchev–Trinajstić information content (AvgIpc) is 4.00. The highest BCUT2D eigenvalue weighted by Crippen LogP contribution is 2.52. The van der Waals surface area contributed by atoms with Crippen LogP contribution < -0.4 is 4.90 Å². The van der Waals surface area contributed by atoms with E-state index in [4.69, 9.17) is 25.5 Å². The molecule has 3 heterocycles. The molecule has 0 saturated carbocycles. The summed E-state index contributed by atoms with van der Waals surface area (Å²) in [5, 5.41) is 29.4. The van der Waals surface area contributed by atoms with Gasteiger partial charge in [-0.25, -0.2) is 0 Å². The largest absolute Gasteiger partial charge is 0.304 e. The summed E-state index contributed by atoms with van der Waals surface area (Å²) in [4.78, 5) is 7.08. The molecular formula is C48H38N10. The van der Waals surface area contributed by atoms with E-state index in [-0.39, 0.29) is 5.41 Å². The molecule has 0 spiro atoms. The molecule has 0 bridgehead atoms. The second-order valence-corrected chi connectivity index (χ2v) is 15.5. The van der Waals surface area contributed by atoms with Crippen LogP contribution in [0.3, 0.4) is 0 Å². The van der Waals surface area contributed by atoms with E-state index in [1.165, 1.54) is 33.4 Å². The SMILES string of the molecule is Cn1nc2cccc(N(c3ccc(-c4ccccc4)c4nn(C)nc34)c3ccc(-c4ccc(-c5cccc6c5C(C)(C)c5ccccc5-6)cc4)c4nn(C)nc34)c2n1. The third-order valence-electron chi connectivity index (χ3n) is 11.6. The van der Waals surface area contributed by atoms with E-state index in [0.29, 0.717) is 0 Å². The van der Waals surface area contributed by atoms with Crippen molar-refractivity contribution in [3.8, 4) is 44.5 Å². The maximum Gasteiger partial charge on any atom is 0.137 e. The quantitative estimate of drug-likeness (QED) is 0.167. The van der Waals surface area contributed by atoms with Crippen LogP contribution >= 0.6 is 0 Å². The van der Waals surface area contributed by atoms with Crippen molar-refractivity contribution in [1.82, 2.24) is 45.0 Å². The molecule has 10 nitrogen and oxygen atoms in total. The van der Waals surface area contributed by atoms with Crippen LogP contribution in [-0.4, -0.2) is 45.0 Å². The fourth-order valence-electron chi connectivity index (χ4n) is 9.12.